The Kier molecular flexibility index (Phi) is 2.75. The van der Waals surface area contributed by atoms with E-state index in [4.69, 9.17) is 11.6 Å². The van der Waals surface area contributed by atoms with Gasteiger partial charge in [0.05, 0.1) is 5.38 Å². The van der Waals surface area contributed by atoms with Gasteiger partial charge in [-0.3, -0.25) is 0 Å². The monoisotopic (exact) mass is 213 g/mol. The molecule has 1 heterocycles. The third-order valence-corrected chi connectivity index (χ3v) is 2.91. The van der Waals surface area contributed by atoms with E-state index < -0.39 is 0 Å². The van der Waals surface area contributed by atoms with Crippen LogP contribution in [-0.2, 0) is 6.42 Å². The van der Waals surface area contributed by atoms with Crippen LogP contribution in [-0.4, -0.2) is 11.9 Å². The second-order valence-electron chi connectivity index (χ2n) is 3.70. The molecule has 1 aromatic carbocycles. The first-order valence-corrected chi connectivity index (χ1v) is 5.28. The first kappa shape index (κ1) is 9.94. The van der Waals surface area contributed by atoms with Crippen LogP contribution >= 0.6 is 11.6 Å². The Morgan fingerprint density at radius 1 is 1.57 bits per heavy atom. The Bertz CT molecular complexity index is 338. The van der Waals surface area contributed by atoms with Gasteiger partial charge < -0.3 is 5.32 Å². The number of benzene rings is 1. The van der Waals surface area contributed by atoms with Gasteiger partial charge in [0.25, 0.3) is 0 Å². The first-order chi connectivity index (χ1) is 6.68. The summed E-state index contributed by atoms with van der Waals surface area (Å²) >= 11 is 6.07. The zero-order valence-electron chi connectivity index (χ0n) is 8.06. The van der Waals surface area contributed by atoms with Crippen LogP contribution in [0.5, 0.6) is 0 Å². The molecule has 3 heteroatoms. The summed E-state index contributed by atoms with van der Waals surface area (Å²) < 4.78 is 13.0. The average Bonchev–Trinajstić information content (AvgIpc) is 2.16. The lowest BCUT2D eigenvalue weighted by atomic mass is 9.93. The highest BCUT2D eigenvalue weighted by atomic mass is 35.5. The van der Waals surface area contributed by atoms with Gasteiger partial charge in [-0.05, 0) is 43.1 Å². The van der Waals surface area contributed by atoms with Gasteiger partial charge in [-0.25, -0.2) is 4.39 Å². The molecule has 0 aromatic heterocycles. The molecular formula is C11H13ClFN. The largest absolute Gasteiger partial charge is 0.308 e. The summed E-state index contributed by atoms with van der Waals surface area (Å²) in [6.45, 7) is 2.83. The molecular weight excluding hydrogens is 201 g/mol. The van der Waals surface area contributed by atoms with Crippen LogP contribution in [0.3, 0.4) is 0 Å². The van der Waals surface area contributed by atoms with Gasteiger partial charge in [0.1, 0.15) is 5.82 Å². The van der Waals surface area contributed by atoms with Crippen molar-refractivity contribution in [3.8, 4) is 0 Å². The maximum Gasteiger partial charge on any atom is 0.123 e. The summed E-state index contributed by atoms with van der Waals surface area (Å²) in [5.41, 5.74) is 2.22. The zero-order valence-corrected chi connectivity index (χ0v) is 8.81. The van der Waals surface area contributed by atoms with Crippen molar-refractivity contribution in [3.63, 3.8) is 0 Å². The molecule has 0 saturated carbocycles. The minimum atomic E-state index is -0.161. The number of nitrogens with one attached hydrogen (secondary N) is 1. The fraction of sp³-hybridized carbons (Fsp3) is 0.455. The van der Waals surface area contributed by atoms with E-state index in [1.807, 2.05) is 13.0 Å². The average molecular weight is 214 g/mol. The number of hydrogen-bond acceptors (Lipinski definition) is 1. The molecule has 0 spiro atoms. The van der Waals surface area contributed by atoms with Crippen molar-refractivity contribution < 1.29 is 4.39 Å². The number of halogens is 2. The zero-order chi connectivity index (χ0) is 10.1. The highest BCUT2D eigenvalue weighted by Gasteiger charge is 2.23. The molecule has 1 aliphatic rings. The third kappa shape index (κ3) is 1.77. The minimum Gasteiger partial charge on any atom is -0.308 e. The maximum absolute atomic E-state index is 13.0. The van der Waals surface area contributed by atoms with Crippen molar-refractivity contribution in [2.45, 2.75) is 24.8 Å². The van der Waals surface area contributed by atoms with Gasteiger partial charge in [0, 0.05) is 6.04 Å². The van der Waals surface area contributed by atoms with E-state index in [2.05, 4.69) is 5.32 Å². The topological polar surface area (TPSA) is 12.0 Å². The van der Waals surface area contributed by atoms with Crippen LogP contribution in [0, 0.1) is 5.82 Å². The van der Waals surface area contributed by atoms with Gasteiger partial charge in [-0.1, -0.05) is 6.07 Å². The summed E-state index contributed by atoms with van der Waals surface area (Å²) in [6.07, 6.45) is 0.882. The lowest BCUT2D eigenvalue weighted by molar-refractivity contribution is 0.494. The van der Waals surface area contributed by atoms with Crippen molar-refractivity contribution >= 4 is 11.6 Å². The predicted octanol–water partition coefficient (Wildman–Crippen LogP) is 2.64. The first-order valence-electron chi connectivity index (χ1n) is 4.84. The van der Waals surface area contributed by atoms with E-state index in [0.29, 0.717) is 0 Å². The summed E-state index contributed by atoms with van der Waals surface area (Å²) in [6, 6.07) is 5.10. The highest BCUT2D eigenvalue weighted by molar-refractivity contribution is 6.20. The fourth-order valence-corrected chi connectivity index (χ4v) is 2.20. The van der Waals surface area contributed by atoms with Crippen molar-refractivity contribution in [2.75, 3.05) is 6.54 Å². The van der Waals surface area contributed by atoms with Crippen LogP contribution in [0.25, 0.3) is 0 Å². The standard InChI is InChI=1S/C11H13ClFN/c1-7(12)11-10-3-2-9(13)6-8(10)4-5-14-11/h2-3,6-7,11,14H,4-5H2,1H3. The molecule has 0 saturated heterocycles. The molecule has 2 atom stereocenters. The van der Waals surface area contributed by atoms with Crippen molar-refractivity contribution in [2.24, 2.45) is 0 Å². The summed E-state index contributed by atoms with van der Waals surface area (Å²) in [5, 5.41) is 3.37. The number of alkyl halides is 1. The van der Waals surface area contributed by atoms with E-state index >= 15 is 0 Å². The van der Waals surface area contributed by atoms with Crippen LogP contribution in [0.1, 0.15) is 24.1 Å². The molecule has 0 fully saturated rings. The molecule has 2 unspecified atom stereocenters. The second-order valence-corrected chi connectivity index (χ2v) is 4.39. The molecule has 1 N–H and O–H groups in total. The molecule has 0 bridgehead atoms. The fourth-order valence-electron chi connectivity index (χ4n) is 1.98. The lowest BCUT2D eigenvalue weighted by Crippen LogP contribution is -2.34. The van der Waals surface area contributed by atoms with E-state index in [1.165, 1.54) is 6.07 Å². The summed E-state index contributed by atoms with van der Waals surface area (Å²) in [4.78, 5) is 0. The smallest absolute Gasteiger partial charge is 0.123 e. The number of rotatable bonds is 1. The van der Waals surface area contributed by atoms with Gasteiger partial charge in [0.15, 0.2) is 0 Å². The van der Waals surface area contributed by atoms with Crippen molar-refractivity contribution in [3.05, 3.63) is 35.1 Å². The summed E-state index contributed by atoms with van der Waals surface area (Å²) in [7, 11) is 0. The molecule has 2 rings (SSSR count). The van der Waals surface area contributed by atoms with E-state index in [0.717, 1.165) is 24.1 Å². The maximum atomic E-state index is 13.0. The van der Waals surface area contributed by atoms with E-state index in [1.54, 1.807) is 6.07 Å². The normalized spacial score (nSPS) is 22.9. The Morgan fingerprint density at radius 2 is 2.36 bits per heavy atom. The van der Waals surface area contributed by atoms with Gasteiger partial charge in [-0.15, -0.1) is 11.6 Å². The lowest BCUT2D eigenvalue weighted by Gasteiger charge is -2.28. The Hall–Kier alpha value is -0.600. The second kappa shape index (κ2) is 3.87. The molecule has 0 radical (unpaired) electrons. The van der Waals surface area contributed by atoms with Crippen LogP contribution in [0.4, 0.5) is 4.39 Å². The third-order valence-electron chi connectivity index (χ3n) is 2.66. The Balaban J connectivity index is 2.40. The molecule has 76 valence electrons. The highest BCUT2D eigenvalue weighted by Crippen LogP contribution is 2.28. The molecule has 14 heavy (non-hydrogen) atoms. The van der Waals surface area contributed by atoms with E-state index in [9.17, 15) is 4.39 Å². The van der Waals surface area contributed by atoms with E-state index in [-0.39, 0.29) is 17.2 Å². The van der Waals surface area contributed by atoms with Crippen LogP contribution in [0.15, 0.2) is 18.2 Å². The van der Waals surface area contributed by atoms with Crippen LogP contribution < -0.4 is 5.32 Å². The van der Waals surface area contributed by atoms with Gasteiger partial charge >= 0.3 is 0 Å². The van der Waals surface area contributed by atoms with Crippen molar-refractivity contribution in [1.82, 2.24) is 5.32 Å². The predicted molar refractivity (Wildman–Crippen MR) is 56.2 cm³/mol. The van der Waals surface area contributed by atoms with Gasteiger partial charge in [-0.2, -0.15) is 0 Å². The molecule has 1 aromatic rings. The van der Waals surface area contributed by atoms with Gasteiger partial charge in [0.2, 0.25) is 0 Å². The quantitative estimate of drug-likeness (QED) is 0.708. The molecule has 1 nitrogen and oxygen atoms in total. The Morgan fingerprint density at radius 3 is 3.07 bits per heavy atom. The molecule has 1 aliphatic heterocycles. The Labute approximate surface area is 88.3 Å². The minimum absolute atomic E-state index is 0.0273. The van der Waals surface area contributed by atoms with Crippen molar-refractivity contribution in [1.29, 1.82) is 0 Å². The number of hydrogen-bond donors (Lipinski definition) is 1. The SMILES string of the molecule is CC(Cl)C1NCCc2cc(F)ccc21. The molecule has 0 amide bonds. The van der Waals surface area contributed by atoms with Crippen LogP contribution in [0.2, 0.25) is 0 Å². The number of fused-ring (bicyclic) bond motifs is 1. The summed E-state index contributed by atoms with van der Waals surface area (Å²) in [5.74, 6) is -0.161. The molecule has 0 aliphatic carbocycles.